The third-order valence-electron chi connectivity index (χ3n) is 4.28. The standard InChI is InChI=1S/C17H21NO/c1-2-16-13-18(12-15-8-4-3-5-9-15)14-17(19-16)10-6-7-11-17/h1,3-5,8-9,16H,6-7,10-14H2. The van der Waals surface area contributed by atoms with Gasteiger partial charge in [-0.2, -0.15) is 0 Å². The van der Waals surface area contributed by atoms with Crippen molar-refractivity contribution in [2.45, 2.75) is 43.9 Å². The molecule has 19 heavy (non-hydrogen) atoms. The zero-order valence-electron chi connectivity index (χ0n) is 11.3. The molecule has 1 unspecified atom stereocenters. The Balaban J connectivity index is 1.72. The van der Waals surface area contributed by atoms with Crippen LogP contribution in [-0.4, -0.2) is 29.7 Å². The lowest BCUT2D eigenvalue weighted by Crippen LogP contribution is -2.53. The number of ether oxygens (including phenoxy) is 1. The van der Waals surface area contributed by atoms with E-state index < -0.39 is 0 Å². The minimum Gasteiger partial charge on any atom is -0.356 e. The lowest BCUT2D eigenvalue weighted by Gasteiger charge is -2.43. The molecule has 0 aromatic heterocycles. The Morgan fingerprint density at radius 3 is 2.68 bits per heavy atom. The summed E-state index contributed by atoms with van der Waals surface area (Å²) < 4.78 is 6.17. The average Bonchev–Trinajstić information content (AvgIpc) is 2.87. The van der Waals surface area contributed by atoms with E-state index in [9.17, 15) is 0 Å². The fourth-order valence-electron chi connectivity index (χ4n) is 3.43. The van der Waals surface area contributed by atoms with Crippen LogP contribution in [0.4, 0.5) is 0 Å². The van der Waals surface area contributed by atoms with E-state index in [1.807, 2.05) is 0 Å². The summed E-state index contributed by atoms with van der Waals surface area (Å²) in [5.41, 5.74) is 1.39. The molecule has 2 fully saturated rings. The van der Waals surface area contributed by atoms with E-state index in [0.29, 0.717) is 0 Å². The first-order valence-electron chi connectivity index (χ1n) is 7.20. The second kappa shape index (κ2) is 5.36. The van der Waals surface area contributed by atoms with E-state index in [-0.39, 0.29) is 11.7 Å². The monoisotopic (exact) mass is 255 g/mol. The number of hydrogen-bond acceptors (Lipinski definition) is 2. The molecule has 100 valence electrons. The van der Waals surface area contributed by atoms with Crippen LogP contribution in [0.25, 0.3) is 0 Å². The summed E-state index contributed by atoms with van der Waals surface area (Å²) in [5.74, 6) is 2.81. The molecule has 3 rings (SSSR count). The molecule has 2 nitrogen and oxygen atoms in total. The maximum atomic E-state index is 6.17. The van der Waals surface area contributed by atoms with Gasteiger partial charge in [-0.25, -0.2) is 0 Å². The van der Waals surface area contributed by atoms with Crippen molar-refractivity contribution in [1.82, 2.24) is 4.90 Å². The van der Waals surface area contributed by atoms with Crippen molar-refractivity contribution in [3.63, 3.8) is 0 Å². The van der Waals surface area contributed by atoms with Crippen molar-refractivity contribution >= 4 is 0 Å². The number of morpholine rings is 1. The summed E-state index contributed by atoms with van der Waals surface area (Å²) in [7, 11) is 0. The molecular formula is C17H21NO. The van der Waals surface area contributed by atoms with Crippen LogP contribution < -0.4 is 0 Å². The topological polar surface area (TPSA) is 12.5 Å². The maximum Gasteiger partial charge on any atom is 0.131 e. The largest absolute Gasteiger partial charge is 0.356 e. The van der Waals surface area contributed by atoms with Gasteiger partial charge in [-0.15, -0.1) is 6.42 Å². The van der Waals surface area contributed by atoms with Gasteiger partial charge >= 0.3 is 0 Å². The first kappa shape index (κ1) is 12.7. The van der Waals surface area contributed by atoms with Gasteiger partial charge in [-0.3, -0.25) is 4.90 Å². The first-order chi connectivity index (χ1) is 9.30. The molecule has 1 aromatic carbocycles. The van der Waals surface area contributed by atoms with Gasteiger partial charge in [0.15, 0.2) is 0 Å². The van der Waals surface area contributed by atoms with E-state index in [1.54, 1.807) is 0 Å². The van der Waals surface area contributed by atoms with Gasteiger partial charge in [0.05, 0.1) is 5.60 Å². The van der Waals surface area contributed by atoms with Gasteiger partial charge in [0.25, 0.3) is 0 Å². The Morgan fingerprint density at radius 1 is 1.26 bits per heavy atom. The van der Waals surface area contributed by atoms with Crippen molar-refractivity contribution in [2.75, 3.05) is 13.1 Å². The molecule has 1 saturated carbocycles. The quantitative estimate of drug-likeness (QED) is 0.753. The normalized spacial score (nSPS) is 26.4. The molecule has 1 aromatic rings. The van der Waals surface area contributed by atoms with Gasteiger partial charge in [0.1, 0.15) is 6.10 Å². The Hall–Kier alpha value is -1.30. The third kappa shape index (κ3) is 2.83. The lowest BCUT2D eigenvalue weighted by atomic mass is 9.97. The molecule has 1 atom stereocenters. The lowest BCUT2D eigenvalue weighted by molar-refractivity contribution is -0.133. The molecule has 2 aliphatic rings. The van der Waals surface area contributed by atoms with E-state index in [1.165, 1.54) is 18.4 Å². The number of nitrogens with zero attached hydrogens (tertiary/aromatic N) is 1. The van der Waals surface area contributed by atoms with E-state index >= 15 is 0 Å². The highest BCUT2D eigenvalue weighted by molar-refractivity contribution is 5.15. The van der Waals surface area contributed by atoms with E-state index in [4.69, 9.17) is 11.2 Å². The van der Waals surface area contributed by atoms with Crippen LogP contribution in [0.1, 0.15) is 31.2 Å². The number of hydrogen-bond donors (Lipinski definition) is 0. The van der Waals surface area contributed by atoms with Crippen LogP contribution in [0.2, 0.25) is 0 Å². The van der Waals surface area contributed by atoms with Crippen molar-refractivity contribution in [1.29, 1.82) is 0 Å². The predicted molar refractivity (Wildman–Crippen MR) is 76.6 cm³/mol. The van der Waals surface area contributed by atoms with Crippen LogP contribution in [0.5, 0.6) is 0 Å². The van der Waals surface area contributed by atoms with Crippen molar-refractivity contribution in [3.05, 3.63) is 35.9 Å². The summed E-state index contributed by atoms with van der Waals surface area (Å²) in [6.45, 7) is 2.86. The summed E-state index contributed by atoms with van der Waals surface area (Å²) in [6, 6.07) is 10.6. The Kier molecular flexibility index (Phi) is 3.59. The fraction of sp³-hybridized carbons (Fsp3) is 0.529. The van der Waals surface area contributed by atoms with Gasteiger partial charge in [0, 0.05) is 19.6 Å². The highest BCUT2D eigenvalue weighted by Crippen LogP contribution is 2.37. The van der Waals surface area contributed by atoms with E-state index in [2.05, 4.69) is 41.2 Å². The molecule has 0 bridgehead atoms. The summed E-state index contributed by atoms with van der Waals surface area (Å²) >= 11 is 0. The molecule has 1 saturated heterocycles. The maximum absolute atomic E-state index is 6.17. The van der Waals surface area contributed by atoms with Gasteiger partial charge < -0.3 is 4.74 Å². The zero-order chi connectivity index (χ0) is 13.1. The van der Waals surface area contributed by atoms with Gasteiger partial charge in [-0.05, 0) is 18.4 Å². The Morgan fingerprint density at radius 2 is 2.00 bits per heavy atom. The number of terminal acetylenes is 1. The molecular weight excluding hydrogens is 234 g/mol. The minimum absolute atomic E-state index is 0.0318. The summed E-state index contributed by atoms with van der Waals surface area (Å²) in [5, 5.41) is 0. The highest BCUT2D eigenvalue weighted by atomic mass is 16.5. The highest BCUT2D eigenvalue weighted by Gasteiger charge is 2.42. The van der Waals surface area contributed by atoms with E-state index in [0.717, 1.165) is 32.5 Å². The van der Waals surface area contributed by atoms with Crippen LogP contribution >= 0.6 is 0 Å². The minimum atomic E-state index is -0.0458. The predicted octanol–water partition coefficient (Wildman–Crippen LogP) is 2.83. The van der Waals surface area contributed by atoms with Crippen LogP contribution in [0, 0.1) is 12.3 Å². The third-order valence-corrected chi connectivity index (χ3v) is 4.28. The average molecular weight is 255 g/mol. The van der Waals surface area contributed by atoms with Gasteiger partial charge in [-0.1, -0.05) is 49.1 Å². The molecule has 1 aliphatic heterocycles. The molecule has 1 spiro atoms. The van der Waals surface area contributed by atoms with Crippen LogP contribution in [-0.2, 0) is 11.3 Å². The van der Waals surface area contributed by atoms with Gasteiger partial charge in [0.2, 0.25) is 0 Å². The Bertz CT molecular complexity index is 456. The SMILES string of the molecule is C#CC1CN(Cc2ccccc2)CC2(CCCC2)O1. The fourth-order valence-corrected chi connectivity index (χ4v) is 3.43. The first-order valence-corrected chi connectivity index (χ1v) is 7.20. The van der Waals surface area contributed by atoms with Crippen LogP contribution in [0.3, 0.4) is 0 Å². The number of benzene rings is 1. The van der Waals surface area contributed by atoms with Crippen molar-refractivity contribution in [2.24, 2.45) is 0 Å². The molecule has 0 N–H and O–H groups in total. The number of rotatable bonds is 2. The summed E-state index contributed by atoms with van der Waals surface area (Å²) in [6.07, 6.45) is 10.4. The smallest absolute Gasteiger partial charge is 0.131 e. The molecule has 2 heteroatoms. The second-order valence-electron chi connectivity index (χ2n) is 5.82. The van der Waals surface area contributed by atoms with Crippen molar-refractivity contribution in [3.8, 4) is 12.3 Å². The second-order valence-corrected chi connectivity index (χ2v) is 5.82. The van der Waals surface area contributed by atoms with Crippen molar-refractivity contribution < 1.29 is 4.74 Å². The molecule has 1 heterocycles. The Labute approximate surface area is 115 Å². The molecule has 1 aliphatic carbocycles. The van der Waals surface area contributed by atoms with Crippen LogP contribution in [0.15, 0.2) is 30.3 Å². The molecule has 0 radical (unpaired) electrons. The summed E-state index contributed by atoms with van der Waals surface area (Å²) in [4.78, 5) is 2.47. The zero-order valence-corrected chi connectivity index (χ0v) is 11.3. The molecule has 0 amide bonds.